The lowest BCUT2D eigenvalue weighted by Crippen LogP contribution is -2.51. The zero-order valence-corrected chi connectivity index (χ0v) is 27.0. The highest BCUT2D eigenvalue weighted by molar-refractivity contribution is 6.33. The molecule has 1 fully saturated rings. The van der Waals surface area contributed by atoms with Crippen molar-refractivity contribution in [3.8, 4) is 5.75 Å². The van der Waals surface area contributed by atoms with Gasteiger partial charge in [0.15, 0.2) is 17.3 Å². The summed E-state index contributed by atoms with van der Waals surface area (Å²) < 4.78 is 65.1. The van der Waals surface area contributed by atoms with Gasteiger partial charge in [-0.25, -0.2) is 9.97 Å². The Labute approximate surface area is 284 Å². The molecule has 2 amide bonds. The van der Waals surface area contributed by atoms with Gasteiger partial charge in [-0.15, -0.1) is 5.10 Å². The third-order valence-corrected chi connectivity index (χ3v) is 8.48. The molecule has 0 radical (unpaired) electrons. The van der Waals surface area contributed by atoms with E-state index in [1.54, 1.807) is 17.9 Å². The Hall–Kier alpha value is -5.03. The number of hydrogen-bond acceptors (Lipinski definition) is 10. The molecule has 0 atom stereocenters. The molecule has 5 heterocycles. The molecule has 1 aromatic carbocycles. The van der Waals surface area contributed by atoms with Crippen LogP contribution in [0.1, 0.15) is 49.4 Å². The van der Waals surface area contributed by atoms with Crippen LogP contribution in [0.25, 0.3) is 11.4 Å². The standard InChI is InChI=1S/C31H31ClF3N9O5/c1-3-22-25(41-8-10-42(11-9-41)28(47)24-26(46)17(2)36-16-37-24)29(48)44-30(39-27(40-44)18-6-12-49-13-7-18)43(22)15-23(45)38-21-5-4-19(14-20(21)32)31(33,34)35/h4-6,14,16,46H,3,7-13,15H2,1-2H3,(H,38,45)/i15D2. The number of anilines is 2. The predicted molar refractivity (Wildman–Crippen MR) is 172 cm³/mol. The first-order valence-corrected chi connectivity index (χ1v) is 15.6. The number of hydrogen-bond donors (Lipinski definition) is 2. The molecule has 0 bridgehead atoms. The van der Waals surface area contributed by atoms with Crippen molar-refractivity contribution in [3.05, 3.63) is 74.4 Å². The molecule has 2 aliphatic rings. The van der Waals surface area contributed by atoms with Gasteiger partial charge in [-0.2, -0.15) is 22.7 Å². The van der Waals surface area contributed by atoms with Gasteiger partial charge in [0.1, 0.15) is 18.5 Å². The first-order chi connectivity index (χ1) is 24.1. The third kappa shape index (κ3) is 6.67. The average Bonchev–Trinajstić information content (AvgIpc) is 3.55. The molecule has 49 heavy (non-hydrogen) atoms. The molecule has 3 aromatic heterocycles. The van der Waals surface area contributed by atoms with E-state index in [4.69, 9.17) is 19.1 Å². The minimum Gasteiger partial charge on any atom is -0.504 e. The van der Waals surface area contributed by atoms with Crippen LogP contribution in [0.3, 0.4) is 0 Å². The van der Waals surface area contributed by atoms with Crippen molar-refractivity contribution in [2.45, 2.75) is 39.4 Å². The largest absolute Gasteiger partial charge is 0.504 e. The van der Waals surface area contributed by atoms with Crippen LogP contribution < -0.4 is 15.8 Å². The number of alkyl halides is 3. The number of aryl methyl sites for hydroxylation is 1. The summed E-state index contributed by atoms with van der Waals surface area (Å²) in [6.07, 6.45) is -1.36. The van der Waals surface area contributed by atoms with Gasteiger partial charge < -0.3 is 29.5 Å². The van der Waals surface area contributed by atoms with Crippen LogP contribution >= 0.6 is 11.6 Å². The normalized spacial score (nSPS) is 16.3. The zero-order chi connectivity index (χ0) is 36.8. The molecule has 2 N–H and O–H groups in total. The maximum Gasteiger partial charge on any atom is 0.416 e. The summed E-state index contributed by atoms with van der Waals surface area (Å²) in [4.78, 5) is 56.6. The minimum absolute atomic E-state index is 0.0134. The molecule has 4 aromatic rings. The monoisotopic (exact) mass is 703 g/mol. The van der Waals surface area contributed by atoms with Crippen LogP contribution in [-0.2, 0) is 28.6 Å². The molecule has 0 spiro atoms. The number of rotatable bonds is 7. The number of carbonyl (C=O) groups excluding carboxylic acids is 2. The van der Waals surface area contributed by atoms with Crippen molar-refractivity contribution >= 4 is 46.1 Å². The molecule has 1 saturated heterocycles. The molecule has 18 heteroatoms. The maximum atomic E-state index is 14.2. The maximum absolute atomic E-state index is 14.2. The van der Waals surface area contributed by atoms with Crippen LogP contribution in [0.2, 0.25) is 5.02 Å². The van der Waals surface area contributed by atoms with E-state index in [-0.39, 0.29) is 85.0 Å². The van der Waals surface area contributed by atoms with E-state index in [1.165, 1.54) is 18.2 Å². The smallest absolute Gasteiger partial charge is 0.416 e. The molecule has 14 nitrogen and oxygen atoms in total. The number of nitrogens with zero attached hydrogens (tertiary/aromatic N) is 8. The van der Waals surface area contributed by atoms with Gasteiger partial charge >= 0.3 is 6.18 Å². The summed E-state index contributed by atoms with van der Waals surface area (Å²) in [6, 6.07) is 2.24. The molecular weight excluding hydrogens is 671 g/mol. The second-order valence-electron chi connectivity index (χ2n) is 11.2. The molecule has 6 rings (SSSR count). The lowest BCUT2D eigenvalue weighted by molar-refractivity contribution is -0.137. The fourth-order valence-corrected chi connectivity index (χ4v) is 5.84. The second-order valence-corrected chi connectivity index (χ2v) is 11.6. The number of carbonyl (C=O) groups is 2. The number of fused-ring (bicyclic) bond motifs is 1. The second kappa shape index (κ2) is 13.5. The molecule has 0 unspecified atom stereocenters. The van der Waals surface area contributed by atoms with Gasteiger partial charge in [0.05, 0.1) is 43.6 Å². The van der Waals surface area contributed by atoms with Gasteiger partial charge in [0.25, 0.3) is 11.5 Å². The Bertz CT molecular complexity index is 2130. The molecule has 0 saturated carbocycles. The van der Waals surface area contributed by atoms with Crippen LogP contribution in [0.15, 0.2) is 35.4 Å². The van der Waals surface area contributed by atoms with E-state index < -0.39 is 40.6 Å². The number of benzene rings is 1. The van der Waals surface area contributed by atoms with Crippen molar-refractivity contribution in [1.82, 2.24) is 34.0 Å². The number of nitrogens with one attached hydrogen (secondary N) is 1. The van der Waals surface area contributed by atoms with E-state index in [2.05, 4.69) is 25.4 Å². The van der Waals surface area contributed by atoms with E-state index >= 15 is 0 Å². The van der Waals surface area contributed by atoms with Gasteiger partial charge in [0.2, 0.25) is 11.7 Å². The number of piperazine rings is 1. The number of aromatic nitrogens is 6. The van der Waals surface area contributed by atoms with Crippen molar-refractivity contribution in [2.24, 2.45) is 0 Å². The lowest BCUT2D eigenvalue weighted by atomic mass is 10.1. The summed E-state index contributed by atoms with van der Waals surface area (Å²) in [5.41, 5.74) is -1.17. The van der Waals surface area contributed by atoms with Crippen LogP contribution in [0, 0.1) is 6.92 Å². The Balaban J connectivity index is 1.41. The predicted octanol–water partition coefficient (Wildman–Crippen LogP) is 3.33. The zero-order valence-electron chi connectivity index (χ0n) is 28.2. The van der Waals surface area contributed by atoms with E-state index in [0.717, 1.165) is 15.1 Å². The number of halogens is 4. The fraction of sp³-hybridized carbons (Fsp3) is 0.387. The molecule has 2 aliphatic heterocycles. The van der Waals surface area contributed by atoms with E-state index in [0.29, 0.717) is 30.7 Å². The Morgan fingerprint density at radius 3 is 2.59 bits per heavy atom. The van der Waals surface area contributed by atoms with Gasteiger partial charge in [0, 0.05) is 26.2 Å². The summed E-state index contributed by atoms with van der Waals surface area (Å²) in [6.45, 7) is 1.21. The number of ether oxygens (including phenoxy) is 1. The average molecular weight is 704 g/mol. The Morgan fingerprint density at radius 2 is 1.94 bits per heavy atom. The highest BCUT2D eigenvalue weighted by Crippen LogP contribution is 2.34. The van der Waals surface area contributed by atoms with Crippen LogP contribution in [0.4, 0.5) is 24.5 Å². The third-order valence-electron chi connectivity index (χ3n) is 8.16. The van der Waals surface area contributed by atoms with E-state index in [9.17, 15) is 32.7 Å². The Morgan fingerprint density at radius 1 is 1.18 bits per heavy atom. The van der Waals surface area contributed by atoms with Gasteiger partial charge in [-0.1, -0.05) is 24.6 Å². The highest BCUT2D eigenvalue weighted by atomic mass is 35.5. The van der Waals surface area contributed by atoms with E-state index in [1.807, 2.05) is 0 Å². The SMILES string of the molecule is [2H]C([2H])(C(=O)Nc1ccc(C(F)(F)F)cc1Cl)n1c(CC)c(N2CCN(C(=O)c3ncnc(C)c3O)CC2)c(=O)n2nc(C3=CCOCC3)nc12. The first-order valence-electron chi connectivity index (χ1n) is 16.2. The quantitative estimate of drug-likeness (QED) is 0.292. The van der Waals surface area contributed by atoms with Crippen molar-refractivity contribution in [2.75, 3.05) is 49.6 Å². The number of aromatic hydroxyl groups is 1. The summed E-state index contributed by atoms with van der Waals surface area (Å²) >= 11 is 6.07. The first kappa shape index (κ1) is 31.3. The van der Waals surface area contributed by atoms with Crippen LogP contribution in [0.5, 0.6) is 5.75 Å². The van der Waals surface area contributed by atoms with Crippen molar-refractivity contribution in [1.29, 1.82) is 0 Å². The minimum atomic E-state index is -4.70. The highest BCUT2D eigenvalue weighted by Gasteiger charge is 2.32. The topological polar surface area (TPSA) is 160 Å². The molecular formula is C31H31ClF3N9O5. The molecule has 0 aliphatic carbocycles. The molecule has 258 valence electrons. The lowest BCUT2D eigenvalue weighted by Gasteiger charge is -2.36. The van der Waals surface area contributed by atoms with Gasteiger partial charge in [-0.3, -0.25) is 14.4 Å². The van der Waals surface area contributed by atoms with Crippen molar-refractivity contribution in [3.63, 3.8) is 0 Å². The van der Waals surface area contributed by atoms with Crippen molar-refractivity contribution < 1.29 is 35.3 Å². The number of amides is 2. The fourth-order valence-electron chi connectivity index (χ4n) is 5.61. The summed E-state index contributed by atoms with van der Waals surface area (Å²) in [7, 11) is 0. The Kier molecular flexibility index (Phi) is 8.59. The van der Waals surface area contributed by atoms with Crippen LogP contribution in [-0.4, -0.2) is 90.3 Å². The van der Waals surface area contributed by atoms with Gasteiger partial charge in [-0.05, 0) is 43.5 Å². The summed E-state index contributed by atoms with van der Waals surface area (Å²) in [5.74, 6) is -2.35. The summed E-state index contributed by atoms with van der Waals surface area (Å²) in [5, 5.41) is 16.6.